The molecule has 16 heavy (non-hydrogen) atoms. The molecule has 0 bridgehead atoms. The zero-order valence-electron chi connectivity index (χ0n) is 8.22. The van der Waals surface area contributed by atoms with Gasteiger partial charge >= 0.3 is 0 Å². The van der Waals surface area contributed by atoms with Gasteiger partial charge in [0.1, 0.15) is 5.65 Å². The summed E-state index contributed by atoms with van der Waals surface area (Å²) in [7, 11) is 0. The quantitative estimate of drug-likeness (QED) is 0.556. The van der Waals surface area contributed by atoms with E-state index < -0.39 is 0 Å². The fourth-order valence-electron chi connectivity index (χ4n) is 1.73. The first-order valence-electron chi connectivity index (χ1n) is 4.82. The summed E-state index contributed by atoms with van der Waals surface area (Å²) in [4.78, 5) is 16.5. The Hall–Kier alpha value is -1.87. The molecule has 0 saturated carbocycles. The van der Waals surface area contributed by atoms with Crippen molar-refractivity contribution in [3.8, 4) is 0 Å². The predicted octanol–water partition coefficient (Wildman–Crippen LogP) is 2.50. The molecule has 1 aromatic carbocycles. The van der Waals surface area contributed by atoms with Crippen molar-refractivity contribution in [1.82, 2.24) is 9.38 Å². The molecule has 0 unspecified atom stereocenters. The van der Waals surface area contributed by atoms with Crippen molar-refractivity contribution in [2.75, 3.05) is 0 Å². The van der Waals surface area contributed by atoms with Crippen LogP contribution >= 0.6 is 11.6 Å². The standard InChI is InChI=1S/C12H7ClN2O/c13-8-4-5-10-9(7-8)12(16)15-6-2-1-3-11(15)14-10/h1-7H. The Balaban J connectivity index is 2.61. The Labute approximate surface area is 95.9 Å². The Morgan fingerprint density at radius 3 is 2.94 bits per heavy atom. The average Bonchev–Trinajstić information content (AvgIpc) is 2.31. The second-order valence-corrected chi connectivity index (χ2v) is 3.94. The molecular weight excluding hydrogens is 224 g/mol. The Bertz CT molecular complexity index is 749. The maximum atomic E-state index is 12.1. The third-order valence-corrected chi connectivity index (χ3v) is 2.72. The van der Waals surface area contributed by atoms with Crippen LogP contribution in [0.25, 0.3) is 16.6 Å². The molecule has 0 aliphatic carbocycles. The smallest absolute Gasteiger partial charge is 0.265 e. The van der Waals surface area contributed by atoms with Crippen LogP contribution in [0.1, 0.15) is 0 Å². The largest absolute Gasteiger partial charge is 0.268 e. The van der Waals surface area contributed by atoms with E-state index in [9.17, 15) is 4.79 Å². The van der Waals surface area contributed by atoms with Crippen molar-refractivity contribution in [2.24, 2.45) is 0 Å². The minimum Gasteiger partial charge on any atom is -0.268 e. The van der Waals surface area contributed by atoms with Crippen LogP contribution in [-0.4, -0.2) is 9.38 Å². The highest BCUT2D eigenvalue weighted by Crippen LogP contribution is 2.15. The van der Waals surface area contributed by atoms with Gasteiger partial charge in [-0.1, -0.05) is 17.7 Å². The lowest BCUT2D eigenvalue weighted by molar-refractivity contribution is 1.08. The van der Waals surface area contributed by atoms with Crippen molar-refractivity contribution in [3.63, 3.8) is 0 Å². The van der Waals surface area contributed by atoms with E-state index in [1.807, 2.05) is 6.07 Å². The van der Waals surface area contributed by atoms with Gasteiger partial charge in [-0.05, 0) is 30.3 Å². The van der Waals surface area contributed by atoms with Crippen LogP contribution < -0.4 is 5.56 Å². The highest BCUT2D eigenvalue weighted by Gasteiger charge is 2.04. The molecule has 0 spiro atoms. The van der Waals surface area contributed by atoms with Gasteiger partial charge in [-0.3, -0.25) is 9.20 Å². The molecule has 0 radical (unpaired) electrons. The zero-order valence-corrected chi connectivity index (χ0v) is 8.98. The van der Waals surface area contributed by atoms with E-state index in [1.54, 1.807) is 36.5 Å². The maximum Gasteiger partial charge on any atom is 0.265 e. The lowest BCUT2D eigenvalue weighted by Gasteiger charge is -2.02. The van der Waals surface area contributed by atoms with Crippen molar-refractivity contribution >= 4 is 28.2 Å². The van der Waals surface area contributed by atoms with Gasteiger partial charge in [-0.25, -0.2) is 4.98 Å². The number of halogens is 1. The Morgan fingerprint density at radius 1 is 1.19 bits per heavy atom. The zero-order chi connectivity index (χ0) is 11.1. The van der Waals surface area contributed by atoms with Gasteiger partial charge in [0.2, 0.25) is 0 Å². The van der Waals surface area contributed by atoms with E-state index in [0.717, 1.165) is 0 Å². The summed E-state index contributed by atoms with van der Waals surface area (Å²) < 4.78 is 1.51. The third-order valence-electron chi connectivity index (χ3n) is 2.48. The second kappa shape index (κ2) is 3.32. The fraction of sp³-hybridized carbons (Fsp3) is 0. The lowest BCUT2D eigenvalue weighted by atomic mass is 10.2. The summed E-state index contributed by atoms with van der Waals surface area (Å²) in [6.45, 7) is 0. The lowest BCUT2D eigenvalue weighted by Crippen LogP contribution is -2.14. The van der Waals surface area contributed by atoms with E-state index in [4.69, 9.17) is 11.6 Å². The van der Waals surface area contributed by atoms with E-state index in [2.05, 4.69) is 4.98 Å². The van der Waals surface area contributed by atoms with Gasteiger partial charge in [0.25, 0.3) is 5.56 Å². The van der Waals surface area contributed by atoms with Crippen LogP contribution in [0.4, 0.5) is 0 Å². The minimum atomic E-state index is -0.0944. The van der Waals surface area contributed by atoms with Crippen molar-refractivity contribution in [3.05, 3.63) is 58.0 Å². The summed E-state index contributed by atoms with van der Waals surface area (Å²) in [6, 6.07) is 10.6. The summed E-state index contributed by atoms with van der Waals surface area (Å²) >= 11 is 5.87. The van der Waals surface area contributed by atoms with E-state index in [0.29, 0.717) is 21.6 Å². The molecule has 0 amide bonds. The average molecular weight is 231 g/mol. The number of hydrogen-bond acceptors (Lipinski definition) is 2. The predicted molar refractivity (Wildman–Crippen MR) is 64.0 cm³/mol. The van der Waals surface area contributed by atoms with Crippen LogP contribution in [-0.2, 0) is 0 Å². The van der Waals surface area contributed by atoms with Crippen molar-refractivity contribution < 1.29 is 0 Å². The summed E-state index contributed by atoms with van der Waals surface area (Å²) in [6.07, 6.45) is 1.70. The van der Waals surface area contributed by atoms with Crippen LogP contribution in [0, 0.1) is 0 Å². The van der Waals surface area contributed by atoms with Gasteiger partial charge in [-0.15, -0.1) is 0 Å². The van der Waals surface area contributed by atoms with E-state index in [1.165, 1.54) is 4.40 Å². The summed E-state index contributed by atoms with van der Waals surface area (Å²) in [5, 5.41) is 1.08. The molecule has 78 valence electrons. The van der Waals surface area contributed by atoms with Gasteiger partial charge in [0.05, 0.1) is 10.9 Å². The van der Waals surface area contributed by atoms with Crippen LogP contribution in [0.2, 0.25) is 5.02 Å². The summed E-state index contributed by atoms with van der Waals surface area (Å²) in [5.74, 6) is 0. The van der Waals surface area contributed by atoms with E-state index >= 15 is 0 Å². The van der Waals surface area contributed by atoms with Gasteiger partial charge in [0.15, 0.2) is 0 Å². The number of fused-ring (bicyclic) bond motifs is 2. The number of benzene rings is 1. The molecular formula is C12H7ClN2O. The molecule has 0 N–H and O–H groups in total. The molecule has 3 aromatic rings. The first-order valence-corrected chi connectivity index (χ1v) is 5.20. The molecule has 0 aliphatic heterocycles. The molecule has 0 atom stereocenters. The first kappa shape index (κ1) is 9.36. The number of aromatic nitrogens is 2. The molecule has 0 aliphatic rings. The maximum absolute atomic E-state index is 12.1. The number of nitrogens with zero attached hydrogens (tertiary/aromatic N) is 2. The first-order chi connectivity index (χ1) is 7.75. The molecule has 2 heterocycles. The SMILES string of the molecule is O=c1c2cc(Cl)ccc2nc2ccccn12. The Kier molecular flexibility index (Phi) is 1.94. The summed E-state index contributed by atoms with van der Waals surface area (Å²) in [5.41, 5.74) is 1.21. The highest BCUT2D eigenvalue weighted by molar-refractivity contribution is 6.31. The number of hydrogen-bond donors (Lipinski definition) is 0. The monoisotopic (exact) mass is 230 g/mol. The van der Waals surface area contributed by atoms with Crippen LogP contribution in [0.3, 0.4) is 0 Å². The van der Waals surface area contributed by atoms with Gasteiger partial charge in [0, 0.05) is 11.2 Å². The second-order valence-electron chi connectivity index (χ2n) is 3.51. The molecule has 0 saturated heterocycles. The minimum absolute atomic E-state index is 0.0944. The number of rotatable bonds is 0. The van der Waals surface area contributed by atoms with Crippen molar-refractivity contribution in [2.45, 2.75) is 0 Å². The normalized spacial score (nSPS) is 11.1. The molecule has 2 aromatic heterocycles. The molecule has 3 rings (SSSR count). The van der Waals surface area contributed by atoms with Gasteiger partial charge in [-0.2, -0.15) is 0 Å². The molecule has 3 nitrogen and oxygen atoms in total. The topological polar surface area (TPSA) is 34.4 Å². The molecule has 4 heteroatoms. The van der Waals surface area contributed by atoms with Gasteiger partial charge < -0.3 is 0 Å². The van der Waals surface area contributed by atoms with Crippen LogP contribution in [0.5, 0.6) is 0 Å². The molecule has 0 fully saturated rings. The van der Waals surface area contributed by atoms with E-state index in [-0.39, 0.29) is 5.56 Å². The van der Waals surface area contributed by atoms with Crippen molar-refractivity contribution in [1.29, 1.82) is 0 Å². The van der Waals surface area contributed by atoms with Crippen LogP contribution in [0.15, 0.2) is 47.4 Å². The third kappa shape index (κ3) is 1.29. The fourth-order valence-corrected chi connectivity index (χ4v) is 1.90. The number of pyridine rings is 1. The highest BCUT2D eigenvalue weighted by atomic mass is 35.5. The Morgan fingerprint density at radius 2 is 2.06 bits per heavy atom.